The van der Waals surface area contributed by atoms with Crippen LogP contribution in [0.15, 0.2) is 17.2 Å². The van der Waals surface area contributed by atoms with Crippen LogP contribution < -0.4 is 5.84 Å². The number of hydrazone groups is 1. The van der Waals surface area contributed by atoms with Gasteiger partial charge in [-0.2, -0.15) is 5.10 Å². The minimum atomic E-state index is -1.49. The fourth-order valence-electron chi connectivity index (χ4n) is 1.44. The summed E-state index contributed by atoms with van der Waals surface area (Å²) in [4.78, 5) is 2.70. The number of aromatic nitrogens is 1. The maximum absolute atomic E-state index is 13.3. The second-order valence-electron chi connectivity index (χ2n) is 3.35. The van der Waals surface area contributed by atoms with Crippen LogP contribution in [0, 0.1) is 17.5 Å². The van der Waals surface area contributed by atoms with Gasteiger partial charge in [0.1, 0.15) is 0 Å². The van der Waals surface area contributed by atoms with Gasteiger partial charge in [-0.3, -0.25) is 0 Å². The van der Waals surface area contributed by atoms with Gasteiger partial charge in [-0.1, -0.05) is 0 Å². The SMILES string of the molecule is C/C(=N\N)c1cc2c(F)c(F)c(F)cc2[nH]1. The summed E-state index contributed by atoms with van der Waals surface area (Å²) in [5.41, 5.74) is 0.993. The molecule has 0 amide bonds. The summed E-state index contributed by atoms with van der Waals surface area (Å²) < 4.78 is 39.2. The zero-order valence-corrected chi connectivity index (χ0v) is 8.31. The molecule has 0 radical (unpaired) electrons. The molecule has 1 heterocycles. The summed E-state index contributed by atoms with van der Waals surface area (Å²) in [5.74, 6) is 1.11. The highest BCUT2D eigenvalue weighted by Gasteiger charge is 2.16. The first-order chi connectivity index (χ1) is 7.54. The monoisotopic (exact) mass is 227 g/mol. The quantitative estimate of drug-likeness (QED) is 0.334. The number of benzene rings is 1. The number of hydrogen-bond acceptors (Lipinski definition) is 2. The summed E-state index contributed by atoms with van der Waals surface area (Å²) in [6, 6.07) is 2.22. The highest BCUT2D eigenvalue weighted by atomic mass is 19.2. The van der Waals surface area contributed by atoms with E-state index in [2.05, 4.69) is 10.1 Å². The molecule has 2 aromatic rings. The largest absolute Gasteiger partial charge is 0.353 e. The van der Waals surface area contributed by atoms with Crippen molar-refractivity contribution in [3.63, 3.8) is 0 Å². The fourth-order valence-corrected chi connectivity index (χ4v) is 1.44. The Morgan fingerprint density at radius 2 is 1.94 bits per heavy atom. The molecule has 84 valence electrons. The second-order valence-corrected chi connectivity index (χ2v) is 3.35. The number of rotatable bonds is 1. The first kappa shape index (κ1) is 10.5. The van der Waals surface area contributed by atoms with Crippen molar-refractivity contribution in [2.24, 2.45) is 10.9 Å². The molecule has 1 aromatic heterocycles. The minimum Gasteiger partial charge on any atom is -0.353 e. The zero-order valence-electron chi connectivity index (χ0n) is 8.31. The third-order valence-electron chi connectivity index (χ3n) is 2.34. The van der Waals surface area contributed by atoms with Crippen LogP contribution in [0.2, 0.25) is 0 Å². The highest BCUT2D eigenvalue weighted by molar-refractivity contribution is 6.01. The Balaban J connectivity index is 2.76. The van der Waals surface area contributed by atoms with Crippen molar-refractivity contribution in [2.45, 2.75) is 6.92 Å². The van der Waals surface area contributed by atoms with Gasteiger partial charge in [0.15, 0.2) is 17.5 Å². The molecule has 3 nitrogen and oxygen atoms in total. The molecule has 6 heteroatoms. The molecule has 0 unspecified atom stereocenters. The number of halogens is 3. The van der Waals surface area contributed by atoms with Crippen LogP contribution in [0.25, 0.3) is 10.9 Å². The molecule has 0 spiro atoms. The van der Waals surface area contributed by atoms with E-state index in [1.54, 1.807) is 6.92 Å². The van der Waals surface area contributed by atoms with Crippen LogP contribution in [0.3, 0.4) is 0 Å². The van der Waals surface area contributed by atoms with Crippen LogP contribution in [0.5, 0.6) is 0 Å². The van der Waals surface area contributed by atoms with E-state index < -0.39 is 17.5 Å². The van der Waals surface area contributed by atoms with Crippen molar-refractivity contribution in [3.05, 3.63) is 35.3 Å². The van der Waals surface area contributed by atoms with E-state index in [1.807, 2.05) is 0 Å². The molecule has 0 bridgehead atoms. The van der Waals surface area contributed by atoms with Gasteiger partial charge in [0, 0.05) is 11.5 Å². The normalized spacial score (nSPS) is 12.4. The molecular weight excluding hydrogens is 219 g/mol. The van der Waals surface area contributed by atoms with Crippen molar-refractivity contribution >= 4 is 16.6 Å². The topological polar surface area (TPSA) is 54.2 Å². The lowest BCUT2D eigenvalue weighted by Gasteiger charge is -1.95. The summed E-state index contributed by atoms with van der Waals surface area (Å²) in [7, 11) is 0. The Kier molecular flexibility index (Phi) is 2.34. The lowest BCUT2D eigenvalue weighted by molar-refractivity contribution is 0.453. The predicted octanol–water partition coefficient (Wildman–Crippen LogP) is 2.27. The number of fused-ring (bicyclic) bond motifs is 1. The predicted molar refractivity (Wildman–Crippen MR) is 54.6 cm³/mol. The lowest BCUT2D eigenvalue weighted by atomic mass is 10.2. The zero-order chi connectivity index (χ0) is 11.9. The highest BCUT2D eigenvalue weighted by Crippen LogP contribution is 2.23. The molecule has 0 aliphatic carbocycles. The van der Waals surface area contributed by atoms with Crippen molar-refractivity contribution in [3.8, 4) is 0 Å². The van der Waals surface area contributed by atoms with E-state index in [-0.39, 0.29) is 10.9 Å². The third-order valence-corrected chi connectivity index (χ3v) is 2.34. The number of nitrogens with two attached hydrogens (primary N) is 1. The summed E-state index contributed by atoms with van der Waals surface area (Å²) in [5, 5.41) is 3.37. The van der Waals surface area contributed by atoms with Crippen LogP contribution >= 0.6 is 0 Å². The van der Waals surface area contributed by atoms with Crippen molar-refractivity contribution in [1.82, 2.24) is 4.98 Å². The van der Waals surface area contributed by atoms with Gasteiger partial charge in [-0.25, -0.2) is 13.2 Å². The maximum Gasteiger partial charge on any atom is 0.195 e. The van der Waals surface area contributed by atoms with Crippen molar-refractivity contribution in [1.29, 1.82) is 0 Å². The summed E-state index contributed by atoms with van der Waals surface area (Å²) in [6.45, 7) is 1.59. The Hall–Kier alpha value is -1.98. The maximum atomic E-state index is 13.3. The average Bonchev–Trinajstić information content (AvgIpc) is 2.69. The van der Waals surface area contributed by atoms with Crippen LogP contribution in [0.1, 0.15) is 12.6 Å². The van der Waals surface area contributed by atoms with Crippen molar-refractivity contribution in [2.75, 3.05) is 0 Å². The van der Waals surface area contributed by atoms with Gasteiger partial charge >= 0.3 is 0 Å². The van der Waals surface area contributed by atoms with Gasteiger partial charge in [0.2, 0.25) is 0 Å². The Morgan fingerprint density at radius 3 is 2.56 bits per heavy atom. The van der Waals surface area contributed by atoms with E-state index in [1.165, 1.54) is 6.07 Å². The minimum absolute atomic E-state index is 0.0306. The second kappa shape index (κ2) is 3.55. The molecule has 3 N–H and O–H groups in total. The molecule has 1 aromatic carbocycles. The van der Waals surface area contributed by atoms with Gasteiger partial charge in [-0.05, 0) is 13.0 Å². The number of nitrogens with one attached hydrogen (secondary N) is 1. The Labute approximate surface area is 88.8 Å². The number of hydrogen-bond donors (Lipinski definition) is 2. The summed E-state index contributed by atoms with van der Waals surface area (Å²) >= 11 is 0. The van der Waals surface area contributed by atoms with E-state index in [9.17, 15) is 13.2 Å². The number of H-pyrrole nitrogens is 1. The lowest BCUT2D eigenvalue weighted by Crippen LogP contribution is -1.98. The molecule has 2 rings (SSSR count). The third kappa shape index (κ3) is 1.42. The van der Waals surface area contributed by atoms with E-state index in [0.29, 0.717) is 11.4 Å². The molecule has 0 aliphatic heterocycles. The molecule has 0 aliphatic rings. The summed E-state index contributed by atoms with van der Waals surface area (Å²) in [6.07, 6.45) is 0. The smallest absolute Gasteiger partial charge is 0.195 e. The number of aromatic amines is 1. The van der Waals surface area contributed by atoms with Gasteiger partial charge in [0.25, 0.3) is 0 Å². The van der Waals surface area contributed by atoms with E-state index >= 15 is 0 Å². The van der Waals surface area contributed by atoms with Crippen LogP contribution in [-0.4, -0.2) is 10.7 Å². The molecular formula is C10H8F3N3. The van der Waals surface area contributed by atoms with Gasteiger partial charge in [0.05, 0.1) is 16.9 Å². The van der Waals surface area contributed by atoms with Gasteiger partial charge in [-0.15, -0.1) is 0 Å². The van der Waals surface area contributed by atoms with E-state index in [0.717, 1.165) is 6.07 Å². The fraction of sp³-hybridized carbons (Fsp3) is 0.100. The van der Waals surface area contributed by atoms with Crippen LogP contribution in [-0.2, 0) is 0 Å². The standard InChI is InChI=1S/C10H8F3N3/c1-4(16-14)7-2-5-8(15-7)3-6(11)10(13)9(5)12/h2-3,15H,14H2,1H3/b16-4+. The Bertz CT molecular complexity index is 586. The molecule has 0 atom stereocenters. The van der Waals surface area contributed by atoms with Crippen LogP contribution in [0.4, 0.5) is 13.2 Å². The Morgan fingerprint density at radius 1 is 1.25 bits per heavy atom. The van der Waals surface area contributed by atoms with Gasteiger partial charge < -0.3 is 10.8 Å². The van der Waals surface area contributed by atoms with E-state index in [4.69, 9.17) is 5.84 Å². The molecule has 0 saturated heterocycles. The van der Waals surface area contributed by atoms with Crippen molar-refractivity contribution < 1.29 is 13.2 Å². The average molecular weight is 227 g/mol. The molecule has 0 saturated carbocycles. The first-order valence-electron chi connectivity index (χ1n) is 4.45. The molecule has 16 heavy (non-hydrogen) atoms. The number of nitrogens with zero attached hydrogens (tertiary/aromatic N) is 1. The first-order valence-corrected chi connectivity index (χ1v) is 4.45. The molecule has 0 fully saturated rings.